The van der Waals surface area contributed by atoms with Crippen molar-refractivity contribution in [2.75, 3.05) is 0 Å². The standard InChI is InChI=1S/C40H50O12/c1-27(17-13-23-29-19-5-3-6-20-29)15-9-10-25-31(41)50-33-32(42)38(26-12-11-16-28(2)18-14-24-30-21-7-4-8-22-30)51-34(35(43)44)39(49,36(45)46)40(33,52-38)37(47)48/h3-9,11,15-16,19-22,27-28,32-34,42,49H,10,12-14,17-18,23-26H2,1-2H3,(H,43,44)(H,45,46)(H,47,48)/b15-9+,16-11+/t27-,28+,32-,33-,34-,38+,39-,40+/m1/s1. The van der Waals surface area contributed by atoms with Crippen LogP contribution in [0, 0.1) is 11.8 Å². The summed E-state index contributed by atoms with van der Waals surface area (Å²) in [5, 5.41) is 53.3. The minimum absolute atomic E-state index is 0.0859. The lowest BCUT2D eigenvalue weighted by Crippen LogP contribution is -2.78. The van der Waals surface area contributed by atoms with Crippen LogP contribution in [0.15, 0.2) is 85.0 Å². The predicted molar refractivity (Wildman–Crippen MR) is 189 cm³/mol. The molecule has 2 bridgehead atoms. The van der Waals surface area contributed by atoms with Crippen molar-refractivity contribution in [1.82, 2.24) is 0 Å². The molecule has 0 radical (unpaired) electrons. The first-order valence-electron chi connectivity index (χ1n) is 17.9. The third-order valence-electron chi connectivity index (χ3n) is 9.90. The Morgan fingerprint density at radius 1 is 0.808 bits per heavy atom. The molecule has 0 spiro atoms. The SMILES string of the molecule is C[C@H](/C=C/CCC(=O)O[C@@H]1[C@@H](O)[C@@]2(CC/C=C/[C@H](C)CCCc3ccccc3)O[C@H](C(=O)O)[C@@](O)(C(=O)O)[C@]1(C(=O)O)O2)CCCc1ccccc1. The van der Waals surface area contributed by atoms with Crippen molar-refractivity contribution in [3.8, 4) is 0 Å². The Kier molecular flexibility index (Phi) is 13.9. The van der Waals surface area contributed by atoms with Gasteiger partial charge in [0.25, 0.3) is 0 Å². The molecule has 2 aliphatic rings. The number of aryl methyl sites for hydroxylation is 2. The fraction of sp³-hybridized carbons (Fsp3) is 0.500. The molecule has 52 heavy (non-hydrogen) atoms. The topological polar surface area (TPSA) is 197 Å². The zero-order valence-corrected chi connectivity index (χ0v) is 29.6. The molecular formula is C40H50O12. The Hall–Kier alpha value is -4.36. The van der Waals surface area contributed by atoms with Crippen molar-refractivity contribution in [3.63, 3.8) is 0 Å². The van der Waals surface area contributed by atoms with Gasteiger partial charge >= 0.3 is 23.9 Å². The number of hydrogen-bond acceptors (Lipinski definition) is 9. The molecule has 2 heterocycles. The maximum Gasteiger partial charge on any atom is 0.344 e. The predicted octanol–water partition coefficient (Wildman–Crippen LogP) is 5.10. The second-order valence-electron chi connectivity index (χ2n) is 13.9. The molecule has 282 valence electrons. The van der Waals surface area contributed by atoms with E-state index in [2.05, 4.69) is 24.3 Å². The van der Waals surface area contributed by atoms with Gasteiger partial charge in [-0.3, -0.25) is 4.79 Å². The first kappa shape index (κ1) is 40.4. The van der Waals surface area contributed by atoms with Gasteiger partial charge in [-0.2, -0.15) is 0 Å². The maximum absolute atomic E-state index is 13.1. The molecule has 4 rings (SSSR count). The van der Waals surface area contributed by atoms with Crippen LogP contribution in [0.3, 0.4) is 0 Å². The van der Waals surface area contributed by atoms with Gasteiger partial charge in [-0.1, -0.05) is 98.8 Å². The van der Waals surface area contributed by atoms with Gasteiger partial charge in [0.05, 0.1) is 0 Å². The van der Waals surface area contributed by atoms with Gasteiger partial charge in [0.1, 0.15) is 6.10 Å². The summed E-state index contributed by atoms with van der Waals surface area (Å²) >= 11 is 0. The second kappa shape index (κ2) is 17.9. The van der Waals surface area contributed by atoms with E-state index in [9.17, 15) is 44.7 Å². The molecule has 2 fully saturated rings. The summed E-state index contributed by atoms with van der Waals surface area (Å²) in [7, 11) is 0. The van der Waals surface area contributed by atoms with Crippen LogP contribution in [-0.2, 0) is 46.2 Å². The van der Waals surface area contributed by atoms with Gasteiger partial charge in [0, 0.05) is 12.8 Å². The smallest absolute Gasteiger partial charge is 0.344 e. The molecule has 0 aromatic heterocycles. The number of allylic oxidation sites excluding steroid dienone is 4. The highest BCUT2D eigenvalue weighted by atomic mass is 16.8. The van der Waals surface area contributed by atoms with Crippen molar-refractivity contribution in [1.29, 1.82) is 0 Å². The number of hydrogen-bond donors (Lipinski definition) is 5. The van der Waals surface area contributed by atoms with Crippen molar-refractivity contribution >= 4 is 23.9 Å². The van der Waals surface area contributed by atoms with Crippen LogP contribution in [0.2, 0.25) is 0 Å². The number of benzene rings is 2. The number of carbonyl (C=O) groups excluding carboxylic acids is 1. The Balaban J connectivity index is 1.43. The fourth-order valence-electron chi connectivity index (χ4n) is 7.03. The molecule has 0 unspecified atom stereocenters. The van der Waals surface area contributed by atoms with E-state index in [4.69, 9.17) is 14.2 Å². The van der Waals surface area contributed by atoms with E-state index in [-0.39, 0.29) is 37.5 Å². The molecule has 0 amide bonds. The highest BCUT2D eigenvalue weighted by Gasteiger charge is 2.85. The number of fused-ring (bicyclic) bond motifs is 2. The molecular weight excluding hydrogens is 672 g/mol. The summed E-state index contributed by atoms with van der Waals surface area (Å²) < 4.78 is 16.6. The van der Waals surface area contributed by atoms with Crippen LogP contribution < -0.4 is 0 Å². The molecule has 2 aromatic rings. The summed E-state index contributed by atoms with van der Waals surface area (Å²) in [5.74, 6) is -9.55. The Bertz CT molecular complexity index is 1580. The van der Waals surface area contributed by atoms with Crippen molar-refractivity contribution in [2.24, 2.45) is 11.8 Å². The average Bonchev–Trinajstić information content (AvgIpc) is 3.32. The van der Waals surface area contributed by atoms with Gasteiger partial charge in [0.15, 0.2) is 6.10 Å². The first-order valence-corrected chi connectivity index (χ1v) is 17.9. The summed E-state index contributed by atoms with van der Waals surface area (Å²) in [4.78, 5) is 50.8. The van der Waals surface area contributed by atoms with E-state index in [1.54, 1.807) is 12.2 Å². The number of carbonyl (C=O) groups is 4. The highest BCUT2D eigenvalue weighted by molar-refractivity contribution is 5.98. The molecule has 12 nitrogen and oxygen atoms in total. The number of esters is 1. The van der Waals surface area contributed by atoms with Crippen LogP contribution in [0.5, 0.6) is 0 Å². The van der Waals surface area contributed by atoms with Gasteiger partial charge in [0.2, 0.25) is 23.1 Å². The van der Waals surface area contributed by atoms with Crippen molar-refractivity contribution in [2.45, 2.75) is 113 Å². The van der Waals surface area contributed by atoms with E-state index in [0.29, 0.717) is 0 Å². The second-order valence-corrected chi connectivity index (χ2v) is 13.9. The van der Waals surface area contributed by atoms with Crippen LogP contribution in [0.1, 0.15) is 76.3 Å². The van der Waals surface area contributed by atoms with Gasteiger partial charge in [-0.25, -0.2) is 14.4 Å². The lowest BCUT2D eigenvalue weighted by atomic mass is 9.74. The summed E-state index contributed by atoms with van der Waals surface area (Å²) in [6.07, 6.45) is 5.33. The lowest BCUT2D eigenvalue weighted by molar-refractivity contribution is -0.373. The molecule has 0 aliphatic carbocycles. The quantitative estimate of drug-likeness (QED) is 0.0897. The Morgan fingerprint density at radius 3 is 1.81 bits per heavy atom. The van der Waals surface area contributed by atoms with E-state index in [0.717, 1.165) is 38.5 Å². The van der Waals surface area contributed by atoms with Crippen molar-refractivity contribution in [3.05, 3.63) is 96.1 Å². The summed E-state index contributed by atoms with van der Waals surface area (Å²) in [6, 6.07) is 20.1. The number of aliphatic hydroxyl groups excluding tert-OH is 1. The lowest BCUT2D eigenvalue weighted by Gasteiger charge is -2.48. The van der Waals surface area contributed by atoms with Crippen LogP contribution in [0.4, 0.5) is 0 Å². The van der Waals surface area contributed by atoms with Crippen LogP contribution in [0.25, 0.3) is 0 Å². The maximum atomic E-state index is 13.1. The zero-order valence-electron chi connectivity index (χ0n) is 29.6. The minimum atomic E-state index is -3.80. The fourth-order valence-corrected chi connectivity index (χ4v) is 7.03. The number of aliphatic carboxylic acids is 3. The molecule has 5 N–H and O–H groups in total. The number of carboxylic acid groups (broad SMARTS) is 3. The zero-order chi connectivity index (χ0) is 37.9. The minimum Gasteiger partial charge on any atom is -0.479 e. The average molecular weight is 723 g/mol. The molecule has 2 aliphatic heterocycles. The summed E-state index contributed by atoms with van der Waals surface area (Å²) in [5.41, 5.74) is -4.75. The van der Waals surface area contributed by atoms with Crippen molar-refractivity contribution < 1.29 is 58.9 Å². The molecule has 0 saturated carbocycles. The number of rotatable bonds is 20. The Morgan fingerprint density at radius 2 is 1.33 bits per heavy atom. The van der Waals surface area contributed by atoms with Gasteiger partial charge in [-0.05, 0) is 74.3 Å². The van der Waals surface area contributed by atoms with Gasteiger partial charge in [-0.15, -0.1) is 0 Å². The van der Waals surface area contributed by atoms with Crippen LogP contribution in [-0.4, -0.2) is 84.7 Å². The van der Waals surface area contributed by atoms with E-state index < -0.39 is 59.2 Å². The number of ether oxygens (including phenoxy) is 3. The normalized spacial score (nSPS) is 28.1. The third-order valence-corrected chi connectivity index (χ3v) is 9.90. The number of aliphatic hydroxyl groups is 2. The van der Waals surface area contributed by atoms with E-state index in [1.165, 1.54) is 11.1 Å². The van der Waals surface area contributed by atoms with Crippen LogP contribution >= 0.6 is 0 Å². The third kappa shape index (κ3) is 8.98. The molecule has 2 aromatic carbocycles. The van der Waals surface area contributed by atoms with E-state index >= 15 is 0 Å². The number of carboxylic acids is 3. The molecule has 2 saturated heterocycles. The largest absolute Gasteiger partial charge is 0.479 e. The molecule has 8 atom stereocenters. The first-order chi connectivity index (χ1) is 24.8. The monoisotopic (exact) mass is 722 g/mol. The molecule has 12 heteroatoms. The summed E-state index contributed by atoms with van der Waals surface area (Å²) in [6.45, 7) is 4.05. The van der Waals surface area contributed by atoms with Gasteiger partial charge < -0.3 is 39.7 Å². The highest BCUT2D eigenvalue weighted by Crippen LogP contribution is 2.55. The van der Waals surface area contributed by atoms with E-state index in [1.807, 2.05) is 62.4 Å². The Labute approximate surface area is 303 Å².